The molecule has 0 aromatic heterocycles. The molecule has 2 atom stereocenters. The minimum Gasteiger partial charge on any atom is -0.491 e. The van der Waals surface area contributed by atoms with Crippen molar-refractivity contribution in [2.24, 2.45) is 0 Å². The van der Waals surface area contributed by atoms with Crippen LogP contribution < -0.4 is 10.1 Å². The zero-order chi connectivity index (χ0) is 13.7. The van der Waals surface area contributed by atoms with Gasteiger partial charge in [0, 0.05) is 19.2 Å². The molecule has 1 aliphatic rings. The molecule has 2 unspecified atom stereocenters. The van der Waals surface area contributed by atoms with E-state index >= 15 is 0 Å². The summed E-state index contributed by atoms with van der Waals surface area (Å²) in [4.78, 5) is 0. The summed E-state index contributed by atoms with van der Waals surface area (Å²) in [6.07, 6.45) is 2.72. The van der Waals surface area contributed by atoms with Gasteiger partial charge >= 0.3 is 0 Å². The molecule has 1 fully saturated rings. The molecule has 0 radical (unpaired) electrons. The summed E-state index contributed by atoms with van der Waals surface area (Å²) in [6.45, 7) is 6.65. The first-order chi connectivity index (χ1) is 9.16. The number of halogens is 1. The lowest BCUT2D eigenvalue weighted by atomic mass is 10.1. The fourth-order valence-corrected chi connectivity index (χ4v) is 2.91. The van der Waals surface area contributed by atoms with Gasteiger partial charge in [0.25, 0.3) is 0 Å². The summed E-state index contributed by atoms with van der Waals surface area (Å²) in [5, 5.41) is 3.46. The van der Waals surface area contributed by atoms with Crippen LogP contribution in [0.4, 0.5) is 0 Å². The van der Waals surface area contributed by atoms with Gasteiger partial charge in [-0.05, 0) is 60.3 Å². The molecule has 0 amide bonds. The fraction of sp³-hybridized carbons (Fsp3) is 0.600. The maximum Gasteiger partial charge on any atom is 0.133 e. The third kappa shape index (κ3) is 4.48. The van der Waals surface area contributed by atoms with Gasteiger partial charge in [-0.3, -0.25) is 0 Å². The molecule has 1 aliphatic heterocycles. The van der Waals surface area contributed by atoms with Gasteiger partial charge in [-0.2, -0.15) is 0 Å². The monoisotopic (exact) mass is 327 g/mol. The van der Waals surface area contributed by atoms with E-state index in [9.17, 15) is 0 Å². The van der Waals surface area contributed by atoms with Crippen LogP contribution >= 0.6 is 15.9 Å². The molecule has 0 spiro atoms. The molecule has 1 saturated heterocycles. The zero-order valence-electron chi connectivity index (χ0n) is 11.6. The van der Waals surface area contributed by atoms with Crippen LogP contribution in [-0.4, -0.2) is 31.9 Å². The van der Waals surface area contributed by atoms with Crippen LogP contribution in [0, 0.1) is 6.92 Å². The van der Waals surface area contributed by atoms with Crippen LogP contribution in [0.1, 0.15) is 25.3 Å². The van der Waals surface area contributed by atoms with E-state index in [1.54, 1.807) is 0 Å². The molecule has 0 aliphatic carbocycles. The molecule has 1 N–H and O–H groups in total. The minimum absolute atomic E-state index is 0.367. The Bertz CT molecular complexity index is 405. The van der Waals surface area contributed by atoms with Gasteiger partial charge in [0.05, 0.1) is 10.6 Å². The summed E-state index contributed by atoms with van der Waals surface area (Å²) < 4.78 is 12.4. The number of nitrogens with one attached hydrogen (secondary N) is 1. The Balaban J connectivity index is 1.68. The number of aryl methyl sites for hydroxylation is 1. The molecule has 0 saturated carbocycles. The van der Waals surface area contributed by atoms with Crippen molar-refractivity contribution >= 4 is 15.9 Å². The second-order valence-electron chi connectivity index (χ2n) is 5.08. The van der Waals surface area contributed by atoms with Gasteiger partial charge < -0.3 is 14.8 Å². The van der Waals surface area contributed by atoms with Gasteiger partial charge in [0.2, 0.25) is 0 Å². The van der Waals surface area contributed by atoms with Crippen molar-refractivity contribution in [3.8, 4) is 5.75 Å². The zero-order valence-corrected chi connectivity index (χ0v) is 13.2. The van der Waals surface area contributed by atoms with Crippen LogP contribution in [0.5, 0.6) is 5.75 Å². The third-order valence-electron chi connectivity index (χ3n) is 3.44. The van der Waals surface area contributed by atoms with E-state index in [1.807, 2.05) is 6.07 Å². The molecule has 1 heterocycles. The molecule has 0 bridgehead atoms. The van der Waals surface area contributed by atoms with Crippen LogP contribution in [0.3, 0.4) is 0 Å². The third-order valence-corrected chi connectivity index (χ3v) is 4.06. The Hall–Kier alpha value is -0.580. The molecule has 19 heavy (non-hydrogen) atoms. The predicted molar refractivity (Wildman–Crippen MR) is 80.8 cm³/mol. The molecule has 1 aromatic carbocycles. The Kier molecular flexibility index (Phi) is 5.67. The SMILES string of the molecule is Cc1ccc(OCCNC(C)C2CCCO2)c(Br)c1. The van der Waals surface area contributed by atoms with Crippen molar-refractivity contribution in [3.63, 3.8) is 0 Å². The van der Waals surface area contributed by atoms with Crippen LogP contribution in [0.2, 0.25) is 0 Å². The normalized spacial score (nSPS) is 20.5. The number of benzene rings is 1. The van der Waals surface area contributed by atoms with E-state index in [4.69, 9.17) is 9.47 Å². The van der Waals surface area contributed by atoms with Crippen molar-refractivity contribution in [2.75, 3.05) is 19.8 Å². The van der Waals surface area contributed by atoms with Crippen molar-refractivity contribution in [2.45, 2.75) is 38.8 Å². The van der Waals surface area contributed by atoms with Crippen molar-refractivity contribution in [3.05, 3.63) is 28.2 Å². The van der Waals surface area contributed by atoms with Gasteiger partial charge in [-0.15, -0.1) is 0 Å². The summed E-state index contributed by atoms with van der Waals surface area (Å²) in [7, 11) is 0. The lowest BCUT2D eigenvalue weighted by molar-refractivity contribution is 0.0824. The number of hydrogen-bond donors (Lipinski definition) is 1. The van der Waals surface area contributed by atoms with Crippen molar-refractivity contribution < 1.29 is 9.47 Å². The summed E-state index contributed by atoms with van der Waals surface area (Å²) >= 11 is 3.52. The average molecular weight is 328 g/mol. The highest BCUT2D eigenvalue weighted by atomic mass is 79.9. The predicted octanol–water partition coefficient (Wildman–Crippen LogP) is 3.29. The van der Waals surface area contributed by atoms with Gasteiger partial charge in [-0.25, -0.2) is 0 Å². The molecule has 2 rings (SSSR count). The first-order valence-electron chi connectivity index (χ1n) is 6.91. The summed E-state index contributed by atoms with van der Waals surface area (Å²) in [6, 6.07) is 6.52. The van der Waals surface area contributed by atoms with Gasteiger partial charge in [0.15, 0.2) is 0 Å². The molecule has 1 aromatic rings. The van der Waals surface area contributed by atoms with E-state index in [0.29, 0.717) is 18.8 Å². The fourth-order valence-electron chi connectivity index (χ4n) is 2.30. The van der Waals surface area contributed by atoms with Crippen LogP contribution in [0.15, 0.2) is 22.7 Å². The van der Waals surface area contributed by atoms with Crippen LogP contribution in [0.25, 0.3) is 0 Å². The second-order valence-corrected chi connectivity index (χ2v) is 5.93. The van der Waals surface area contributed by atoms with E-state index in [2.05, 4.69) is 47.2 Å². The Morgan fingerprint density at radius 3 is 3.05 bits per heavy atom. The summed E-state index contributed by atoms with van der Waals surface area (Å²) in [5.41, 5.74) is 1.23. The largest absolute Gasteiger partial charge is 0.491 e. The Morgan fingerprint density at radius 2 is 2.37 bits per heavy atom. The average Bonchev–Trinajstić information content (AvgIpc) is 2.90. The number of rotatable bonds is 6. The van der Waals surface area contributed by atoms with Gasteiger partial charge in [0.1, 0.15) is 12.4 Å². The van der Waals surface area contributed by atoms with E-state index in [0.717, 1.165) is 23.4 Å². The number of hydrogen-bond acceptors (Lipinski definition) is 3. The second kappa shape index (κ2) is 7.27. The quantitative estimate of drug-likeness (QED) is 0.813. The smallest absolute Gasteiger partial charge is 0.133 e. The van der Waals surface area contributed by atoms with E-state index in [-0.39, 0.29) is 0 Å². The first-order valence-corrected chi connectivity index (χ1v) is 7.70. The Labute approximate surface area is 123 Å². The maximum absolute atomic E-state index is 5.75. The van der Waals surface area contributed by atoms with Crippen LogP contribution in [-0.2, 0) is 4.74 Å². The first kappa shape index (κ1) is 14.8. The molecular weight excluding hydrogens is 306 g/mol. The highest BCUT2D eigenvalue weighted by molar-refractivity contribution is 9.10. The topological polar surface area (TPSA) is 30.5 Å². The molecule has 3 nitrogen and oxygen atoms in total. The Morgan fingerprint density at radius 1 is 1.53 bits per heavy atom. The highest BCUT2D eigenvalue weighted by Gasteiger charge is 2.21. The minimum atomic E-state index is 0.367. The van der Waals surface area contributed by atoms with E-state index in [1.165, 1.54) is 18.4 Å². The summed E-state index contributed by atoms with van der Waals surface area (Å²) in [5.74, 6) is 0.900. The van der Waals surface area contributed by atoms with Gasteiger partial charge in [-0.1, -0.05) is 6.07 Å². The van der Waals surface area contributed by atoms with Crippen molar-refractivity contribution in [1.82, 2.24) is 5.32 Å². The molecule has 4 heteroatoms. The van der Waals surface area contributed by atoms with Crippen molar-refractivity contribution in [1.29, 1.82) is 0 Å². The molecule has 106 valence electrons. The maximum atomic E-state index is 5.75. The van der Waals surface area contributed by atoms with E-state index < -0.39 is 0 Å². The number of ether oxygens (including phenoxy) is 2. The molecular formula is C15H22BrNO2. The standard InChI is InChI=1S/C15H22BrNO2/c1-11-5-6-15(13(16)10-11)19-9-7-17-12(2)14-4-3-8-18-14/h5-6,10,12,14,17H,3-4,7-9H2,1-2H3. The lowest BCUT2D eigenvalue weighted by Gasteiger charge is -2.20. The lowest BCUT2D eigenvalue weighted by Crippen LogP contribution is -2.39. The highest BCUT2D eigenvalue weighted by Crippen LogP contribution is 2.25.